The SMILES string of the molecule is COC(=O)c1ccc2nn(CC(C)(C)O)cc2c1. The fourth-order valence-corrected chi connectivity index (χ4v) is 1.80. The molecule has 0 saturated heterocycles. The molecule has 2 aromatic rings. The second-order valence-corrected chi connectivity index (χ2v) is 4.90. The Kier molecular flexibility index (Phi) is 3.09. The Hall–Kier alpha value is -1.88. The molecule has 0 aliphatic heterocycles. The second-order valence-electron chi connectivity index (χ2n) is 4.90. The summed E-state index contributed by atoms with van der Waals surface area (Å²) in [4.78, 5) is 11.4. The molecule has 0 fully saturated rings. The lowest BCUT2D eigenvalue weighted by Crippen LogP contribution is -2.26. The molecule has 0 saturated carbocycles. The molecule has 2 rings (SSSR count). The van der Waals surface area contributed by atoms with Crippen LogP contribution in [0.1, 0.15) is 24.2 Å². The van der Waals surface area contributed by atoms with Crippen LogP contribution < -0.4 is 0 Å². The van der Waals surface area contributed by atoms with Crippen molar-refractivity contribution < 1.29 is 14.6 Å². The van der Waals surface area contributed by atoms with Crippen molar-refractivity contribution in [2.75, 3.05) is 7.11 Å². The molecule has 5 heteroatoms. The smallest absolute Gasteiger partial charge is 0.337 e. The summed E-state index contributed by atoms with van der Waals surface area (Å²) in [6.07, 6.45) is 1.81. The number of carbonyl (C=O) groups excluding carboxylic acids is 1. The molecule has 0 bridgehead atoms. The molecule has 0 spiro atoms. The van der Waals surface area contributed by atoms with Crippen LogP contribution in [0.5, 0.6) is 0 Å². The van der Waals surface area contributed by atoms with E-state index >= 15 is 0 Å². The van der Waals surface area contributed by atoms with E-state index in [1.807, 2.05) is 0 Å². The first kappa shape index (κ1) is 12.6. The fourth-order valence-electron chi connectivity index (χ4n) is 1.80. The average molecular weight is 248 g/mol. The number of carbonyl (C=O) groups is 1. The Morgan fingerprint density at radius 1 is 1.50 bits per heavy atom. The molecular weight excluding hydrogens is 232 g/mol. The Balaban J connectivity index is 2.37. The van der Waals surface area contributed by atoms with Gasteiger partial charge in [0.15, 0.2) is 0 Å². The molecule has 0 aliphatic carbocycles. The maximum Gasteiger partial charge on any atom is 0.337 e. The zero-order valence-electron chi connectivity index (χ0n) is 10.7. The summed E-state index contributed by atoms with van der Waals surface area (Å²) in [6, 6.07) is 5.17. The van der Waals surface area contributed by atoms with Gasteiger partial charge in [-0.15, -0.1) is 0 Å². The van der Waals surface area contributed by atoms with Crippen molar-refractivity contribution in [3.63, 3.8) is 0 Å². The molecule has 0 amide bonds. The van der Waals surface area contributed by atoms with Gasteiger partial charge in [-0.1, -0.05) is 0 Å². The normalized spacial score (nSPS) is 11.8. The quantitative estimate of drug-likeness (QED) is 0.838. The number of hydrogen-bond donors (Lipinski definition) is 1. The maximum atomic E-state index is 11.4. The zero-order valence-corrected chi connectivity index (χ0v) is 10.7. The standard InChI is InChI=1S/C13H16N2O3/c1-13(2,17)8-15-7-10-6-9(12(16)18-3)4-5-11(10)14-15/h4-7,17H,8H2,1-3H3. The Bertz CT molecular complexity index is 581. The fraction of sp³-hybridized carbons (Fsp3) is 0.385. The lowest BCUT2D eigenvalue weighted by molar-refractivity contribution is 0.0577. The topological polar surface area (TPSA) is 64.3 Å². The highest BCUT2D eigenvalue weighted by atomic mass is 16.5. The maximum absolute atomic E-state index is 11.4. The van der Waals surface area contributed by atoms with Crippen LogP contribution in [-0.4, -0.2) is 33.6 Å². The summed E-state index contributed by atoms with van der Waals surface area (Å²) in [5.74, 6) is -0.368. The van der Waals surface area contributed by atoms with Gasteiger partial charge in [0.2, 0.25) is 0 Å². The van der Waals surface area contributed by atoms with Crippen LogP contribution in [0, 0.1) is 0 Å². The van der Waals surface area contributed by atoms with Crippen molar-refractivity contribution in [2.24, 2.45) is 0 Å². The Labute approximate surface area is 105 Å². The third kappa shape index (κ3) is 2.68. The average Bonchev–Trinajstić information content (AvgIpc) is 2.66. The lowest BCUT2D eigenvalue weighted by Gasteiger charge is -2.16. The summed E-state index contributed by atoms with van der Waals surface area (Å²) in [7, 11) is 1.35. The molecule has 96 valence electrons. The summed E-state index contributed by atoms with van der Waals surface area (Å²) in [5.41, 5.74) is 0.451. The number of benzene rings is 1. The lowest BCUT2D eigenvalue weighted by atomic mass is 10.1. The summed E-state index contributed by atoms with van der Waals surface area (Å²) >= 11 is 0. The van der Waals surface area contributed by atoms with E-state index in [0.717, 1.165) is 10.9 Å². The van der Waals surface area contributed by atoms with Crippen LogP contribution in [-0.2, 0) is 11.3 Å². The third-order valence-corrected chi connectivity index (χ3v) is 2.52. The first-order valence-corrected chi connectivity index (χ1v) is 5.67. The van der Waals surface area contributed by atoms with E-state index in [-0.39, 0.29) is 5.97 Å². The number of esters is 1. The molecule has 1 N–H and O–H groups in total. The zero-order chi connectivity index (χ0) is 13.3. The molecule has 0 unspecified atom stereocenters. The van der Waals surface area contributed by atoms with Crippen molar-refractivity contribution in [3.8, 4) is 0 Å². The highest BCUT2D eigenvalue weighted by Gasteiger charge is 2.15. The van der Waals surface area contributed by atoms with Crippen LogP contribution in [0.4, 0.5) is 0 Å². The first-order valence-electron chi connectivity index (χ1n) is 5.67. The molecule has 5 nitrogen and oxygen atoms in total. The van der Waals surface area contributed by atoms with E-state index in [4.69, 9.17) is 0 Å². The van der Waals surface area contributed by atoms with Crippen LogP contribution >= 0.6 is 0 Å². The van der Waals surface area contributed by atoms with E-state index in [2.05, 4.69) is 9.84 Å². The number of methoxy groups -OCH3 is 1. The van der Waals surface area contributed by atoms with E-state index in [9.17, 15) is 9.90 Å². The van der Waals surface area contributed by atoms with Gasteiger partial charge in [0.05, 0.1) is 30.3 Å². The highest BCUT2D eigenvalue weighted by Crippen LogP contribution is 2.16. The summed E-state index contributed by atoms with van der Waals surface area (Å²) in [6.45, 7) is 3.84. The van der Waals surface area contributed by atoms with Crippen molar-refractivity contribution in [1.82, 2.24) is 9.78 Å². The van der Waals surface area contributed by atoms with Crippen LogP contribution in [0.3, 0.4) is 0 Å². The van der Waals surface area contributed by atoms with Gasteiger partial charge < -0.3 is 9.84 Å². The number of aromatic nitrogens is 2. The monoisotopic (exact) mass is 248 g/mol. The van der Waals surface area contributed by atoms with E-state index in [1.165, 1.54) is 7.11 Å². The van der Waals surface area contributed by atoms with Crippen molar-refractivity contribution in [2.45, 2.75) is 26.0 Å². The largest absolute Gasteiger partial charge is 0.465 e. The van der Waals surface area contributed by atoms with Gasteiger partial charge in [0.25, 0.3) is 0 Å². The summed E-state index contributed by atoms with van der Waals surface area (Å²) in [5, 5.41) is 14.9. The Morgan fingerprint density at radius 3 is 2.83 bits per heavy atom. The van der Waals surface area contributed by atoms with E-state index in [0.29, 0.717) is 12.1 Å². The number of rotatable bonds is 3. The molecule has 0 atom stereocenters. The molecule has 0 radical (unpaired) electrons. The number of ether oxygens (including phenoxy) is 1. The third-order valence-electron chi connectivity index (χ3n) is 2.52. The minimum atomic E-state index is -0.826. The second kappa shape index (κ2) is 4.42. The minimum absolute atomic E-state index is 0.368. The van der Waals surface area contributed by atoms with Crippen LogP contribution in [0.2, 0.25) is 0 Å². The van der Waals surface area contributed by atoms with Gasteiger partial charge >= 0.3 is 5.97 Å². The minimum Gasteiger partial charge on any atom is -0.465 e. The molecule has 1 heterocycles. The van der Waals surface area contributed by atoms with Crippen molar-refractivity contribution in [1.29, 1.82) is 0 Å². The molecule has 0 aliphatic rings. The highest BCUT2D eigenvalue weighted by molar-refractivity contribution is 5.94. The molecule has 1 aromatic heterocycles. The van der Waals surface area contributed by atoms with Gasteiger partial charge in [-0.2, -0.15) is 5.10 Å². The predicted molar refractivity (Wildman–Crippen MR) is 67.4 cm³/mol. The van der Waals surface area contributed by atoms with E-state index < -0.39 is 5.60 Å². The van der Waals surface area contributed by atoms with Gasteiger partial charge in [0, 0.05) is 11.6 Å². The number of hydrogen-bond acceptors (Lipinski definition) is 4. The molecule has 18 heavy (non-hydrogen) atoms. The molecule has 1 aromatic carbocycles. The van der Waals surface area contributed by atoms with Gasteiger partial charge in [0.1, 0.15) is 0 Å². The van der Waals surface area contributed by atoms with E-state index in [1.54, 1.807) is 42.9 Å². The predicted octanol–water partition coefficient (Wildman–Crippen LogP) is 1.59. The van der Waals surface area contributed by atoms with Crippen molar-refractivity contribution >= 4 is 16.9 Å². The van der Waals surface area contributed by atoms with Gasteiger partial charge in [-0.25, -0.2) is 4.79 Å². The van der Waals surface area contributed by atoms with Crippen LogP contribution in [0.25, 0.3) is 10.9 Å². The van der Waals surface area contributed by atoms with Gasteiger partial charge in [-0.3, -0.25) is 4.68 Å². The van der Waals surface area contributed by atoms with Crippen LogP contribution in [0.15, 0.2) is 24.4 Å². The number of aliphatic hydroxyl groups is 1. The first-order chi connectivity index (χ1) is 8.39. The number of fused-ring (bicyclic) bond motifs is 1. The Morgan fingerprint density at radius 2 is 2.22 bits per heavy atom. The molecular formula is C13H16N2O3. The van der Waals surface area contributed by atoms with Crippen molar-refractivity contribution in [3.05, 3.63) is 30.0 Å². The summed E-state index contributed by atoms with van der Waals surface area (Å²) < 4.78 is 6.34. The number of nitrogens with zero attached hydrogens (tertiary/aromatic N) is 2. The van der Waals surface area contributed by atoms with Gasteiger partial charge in [-0.05, 0) is 32.0 Å².